The number of aromatic nitrogens is 2. The van der Waals surface area contributed by atoms with Gasteiger partial charge < -0.3 is 34.9 Å². The maximum Gasteiger partial charge on any atom is 0.459 e. The molecule has 0 spiro atoms. The number of aliphatic hydroxyl groups is 1. The third kappa shape index (κ3) is 6.15. The molecule has 3 heterocycles. The third-order valence-corrected chi connectivity index (χ3v) is 7.78. The van der Waals surface area contributed by atoms with Crippen LogP contribution in [0.5, 0.6) is 5.75 Å². The number of para-hydroxylation sites is 1. The molecule has 0 radical (unpaired) electrons. The minimum Gasteiger partial charge on any atom is -0.462 e. The molecule has 2 unspecified atom stereocenters. The molecule has 2 aliphatic heterocycles. The number of nitrogens with two attached hydrogens (primary N) is 1. The number of fused-ring (bicyclic) bond motifs is 1. The number of imidazole rings is 1. The van der Waals surface area contributed by atoms with Gasteiger partial charge in [-0.3, -0.25) is 13.9 Å². The second kappa shape index (κ2) is 12.0. The van der Waals surface area contributed by atoms with Crippen LogP contribution in [0.1, 0.15) is 32.7 Å². The van der Waals surface area contributed by atoms with Gasteiger partial charge in [0, 0.05) is 7.11 Å². The van der Waals surface area contributed by atoms with E-state index in [0.29, 0.717) is 11.5 Å². The van der Waals surface area contributed by atoms with Gasteiger partial charge in [-0.2, -0.15) is 5.09 Å². The fraction of sp³-hybridized carbons (Fsp3) is 0.480. The average Bonchev–Trinajstić information content (AvgIpc) is 3.45. The maximum absolute atomic E-state index is 13.9. The van der Waals surface area contributed by atoms with Gasteiger partial charge in [0.25, 0.3) is 0 Å². The zero-order valence-corrected chi connectivity index (χ0v) is 23.4. The van der Waals surface area contributed by atoms with Crippen LogP contribution >= 0.6 is 7.75 Å². The van der Waals surface area contributed by atoms with E-state index in [0.717, 1.165) is 0 Å². The molecule has 216 valence electrons. The predicted molar refractivity (Wildman–Crippen MR) is 144 cm³/mol. The van der Waals surface area contributed by atoms with E-state index in [2.05, 4.69) is 26.3 Å². The van der Waals surface area contributed by atoms with Crippen molar-refractivity contribution in [3.63, 3.8) is 0 Å². The molecule has 0 bridgehead atoms. The zero-order valence-electron chi connectivity index (χ0n) is 22.5. The fourth-order valence-corrected chi connectivity index (χ4v) is 5.81. The Morgan fingerprint density at radius 3 is 2.77 bits per heavy atom. The first-order valence-corrected chi connectivity index (χ1v) is 14.0. The van der Waals surface area contributed by atoms with Gasteiger partial charge in [0.05, 0.1) is 25.6 Å². The Morgan fingerprint density at radius 2 is 2.12 bits per heavy atom. The molecule has 2 aliphatic rings. The van der Waals surface area contributed by atoms with Crippen molar-refractivity contribution in [2.24, 2.45) is 10.7 Å². The smallest absolute Gasteiger partial charge is 0.459 e. The normalized spacial score (nSPS) is 26.1. The Balaban J connectivity index is 1.57. The highest BCUT2D eigenvalue weighted by Crippen LogP contribution is 2.48. The van der Waals surface area contributed by atoms with Gasteiger partial charge in [-0.25, -0.2) is 14.5 Å². The second-order valence-electron chi connectivity index (χ2n) is 9.46. The van der Waals surface area contributed by atoms with Crippen molar-refractivity contribution >= 4 is 25.5 Å². The second-order valence-corrected chi connectivity index (χ2v) is 11.2. The number of nitrogens with zero attached hydrogens (tertiary/aromatic N) is 3. The summed E-state index contributed by atoms with van der Waals surface area (Å²) in [5.41, 5.74) is 4.40. The monoisotopic (exact) mass is 576 g/mol. The summed E-state index contributed by atoms with van der Waals surface area (Å²) < 4.78 is 43.7. The van der Waals surface area contributed by atoms with E-state index in [1.54, 1.807) is 44.2 Å². The third-order valence-electron chi connectivity index (χ3n) is 6.14. The minimum atomic E-state index is -4.22. The van der Waals surface area contributed by atoms with Crippen LogP contribution in [0.4, 0.5) is 5.82 Å². The summed E-state index contributed by atoms with van der Waals surface area (Å²) in [4.78, 5) is 20.8. The topological polar surface area (TPSA) is 181 Å². The van der Waals surface area contributed by atoms with Crippen molar-refractivity contribution in [2.45, 2.75) is 63.5 Å². The molecule has 14 nitrogen and oxygen atoms in total. The Labute approximate surface area is 231 Å². The number of esters is 1. The lowest BCUT2D eigenvalue weighted by Gasteiger charge is -2.29. The van der Waals surface area contributed by atoms with Gasteiger partial charge in [-0.15, -0.1) is 6.42 Å². The fourth-order valence-electron chi connectivity index (χ4n) is 4.31. The van der Waals surface area contributed by atoms with Crippen LogP contribution in [0.25, 0.3) is 0 Å². The number of terminal acetylenes is 1. The lowest BCUT2D eigenvalue weighted by molar-refractivity contribution is -0.149. The number of methoxy groups -OCH3 is 1. The summed E-state index contributed by atoms with van der Waals surface area (Å²) in [5.74, 6) is 2.55. The van der Waals surface area contributed by atoms with Crippen molar-refractivity contribution < 1.29 is 37.7 Å². The number of anilines is 1. The minimum absolute atomic E-state index is 0.162. The highest BCUT2D eigenvalue weighted by molar-refractivity contribution is 7.52. The van der Waals surface area contributed by atoms with Gasteiger partial charge in [-0.05, 0) is 32.9 Å². The van der Waals surface area contributed by atoms with Gasteiger partial charge in [0.1, 0.15) is 35.5 Å². The predicted octanol–water partition coefficient (Wildman–Crippen LogP) is 1.53. The summed E-state index contributed by atoms with van der Waals surface area (Å²) in [7, 11) is -2.88. The summed E-state index contributed by atoms with van der Waals surface area (Å²) in [6, 6.07) is 7.24. The molecule has 0 aliphatic carbocycles. The highest BCUT2D eigenvalue weighted by atomic mass is 31.2. The molecular formula is C25H33N6O8P. The Kier molecular flexibility index (Phi) is 8.84. The van der Waals surface area contributed by atoms with E-state index in [9.17, 15) is 14.5 Å². The number of benzene rings is 1. The largest absolute Gasteiger partial charge is 0.462 e. The van der Waals surface area contributed by atoms with E-state index >= 15 is 0 Å². The molecule has 1 saturated heterocycles. The molecule has 15 heteroatoms. The van der Waals surface area contributed by atoms with Crippen molar-refractivity contribution in [3.8, 4) is 18.1 Å². The number of hydrogen-bond acceptors (Lipinski definition) is 12. The molecule has 2 aromatic rings. The van der Waals surface area contributed by atoms with E-state index in [4.69, 9.17) is 35.4 Å². The Morgan fingerprint density at radius 1 is 1.40 bits per heavy atom. The summed E-state index contributed by atoms with van der Waals surface area (Å²) in [6.45, 7) is 4.68. The number of rotatable bonds is 11. The van der Waals surface area contributed by atoms with Gasteiger partial charge in [0.2, 0.25) is 0 Å². The van der Waals surface area contributed by atoms with E-state index in [-0.39, 0.29) is 24.4 Å². The molecule has 40 heavy (non-hydrogen) atoms. The first-order valence-electron chi connectivity index (χ1n) is 12.5. The average molecular weight is 577 g/mol. The summed E-state index contributed by atoms with van der Waals surface area (Å²) in [5, 5.41) is 17.0. The van der Waals surface area contributed by atoms with Crippen LogP contribution in [-0.4, -0.2) is 70.3 Å². The van der Waals surface area contributed by atoms with Crippen molar-refractivity contribution in [1.82, 2.24) is 14.6 Å². The number of aliphatic imine (C=N–C) groups is 1. The molecule has 6 atom stereocenters. The van der Waals surface area contributed by atoms with Gasteiger partial charge >= 0.3 is 13.7 Å². The number of hydrogen-bond donors (Lipinski definition) is 4. The Hall–Kier alpha value is -3.44. The molecule has 5 N–H and O–H groups in total. The van der Waals surface area contributed by atoms with Crippen molar-refractivity contribution in [2.75, 3.05) is 19.0 Å². The first-order chi connectivity index (χ1) is 19.0. The van der Waals surface area contributed by atoms with Crippen LogP contribution < -0.4 is 20.7 Å². The van der Waals surface area contributed by atoms with Crippen LogP contribution in [0.3, 0.4) is 0 Å². The molecule has 0 amide bonds. The standard InChI is InChI=1S/C25H33N6O8P/c1-6-25(33)20(35-5)19(38-23(25)31-14-28-18-12-27-24(26)29-21(18)31)13-36-40(34,39-17-10-8-7-9-11-17)30-16(4)22(32)37-15(2)3/h1,7-11,14-16,19-20,23,33H,12-13H2,2-5H3,(H,30,34)(H3,26,27,29)/t16-,19+,20-,23+,25?,40?/m0/s1. The van der Waals surface area contributed by atoms with Gasteiger partial charge in [-0.1, -0.05) is 24.1 Å². The molecule has 0 saturated carbocycles. The van der Waals surface area contributed by atoms with Crippen LogP contribution in [0, 0.1) is 12.3 Å². The Bertz CT molecular complexity index is 1330. The zero-order chi connectivity index (χ0) is 29.1. The quantitative estimate of drug-likeness (QED) is 0.172. The van der Waals surface area contributed by atoms with Crippen LogP contribution in [0.15, 0.2) is 41.7 Å². The highest BCUT2D eigenvalue weighted by Gasteiger charge is 2.58. The van der Waals surface area contributed by atoms with Gasteiger partial charge in [0.15, 0.2) is 17.8 Å². The molecule has 1 fully saturated rings. The summed E-state index contributed by atoms with van der Waals surface area (Å²) in [6.07, 6.45) is 3.48. The summed E-state index contributed by atoms with van der Waals surface area (Å²) >= 11 is 0. The van der Waals surface area contributed by atoms with E-state index in [1.165, 1.54) is 24.9 Å². The first kappa shape index (κ1) is 29.5. The molecule has 1 aromatic heterocycles. The SMILES string of the molecule is C#CC1(O)[C@@H](OC)[C@@H](COP(=O)(N[C@@H](C)C(=O)OC(C)C)Oc2ccccc2)O[C@H]1n1cnc2c1NC(N)=NC2. The van der Waals surface area contributed by atoms with E-state index in [1.807, 2.05) is 0 Å². The number of carbonyl (C=O) groups is 1. The number of guanidine groups is 1. The van der Waals surface area contributed by atoms with Crippen LogP contribution in [-0.2, 0) is 34.6 Å². The number of nitrogens with one attached hydrogen (secondary N) is 2. The molecular weight excluding hydrogens is 543 g/mol. The van der Waals surface area contributed by atoms with E-state index < -0.39 is 50.4 Å². The molecule has 4 rings (SSSR count). The maximum atomic E-state index is 13.9. The lowest BCUT2D eigenvalue weighted by atomic mass is 9.95. The number of carbonyl (C=O) groups excluding carboxylic acids is 1. The van der Waals surface area contributed by atoms with Crippen LogP contribution in [0.2, 0.25) is 0 Å². The number of ether oxygens (including phenoxy) is 3. The van der Waals surface area contributed by atoms with Crippen molar-refractivity contribution in [3.05, 3.63) is 42.4 Å². The van der Waals surface area contributed by atoms with Crippen molar-refractivity contribution in [1.29, 1.82) is 0 Å². The molecule has 1 aromatic carbocycles. The lowest BCUT2D eigenvalue weighted by Crippen LogP contribution is -2.47.